The van der Waals surface area contributed by atoms with Gasteiger partial charge < -0.3 is 27.3 Å². The van der Waals surface area contributed by atoms with Gasteiger partial charge in [-0.1, -0.05) is 12.8 Å². The highest BCUT2D eigenvalue weighted by atomic mass is 35.5. The summed E-state index contributed by atoms with van der Waals surface area (Å²) in [5.74, 6) is -0.621. The molecule has 0 aromatic carbocycles. The highest BCUT2D eigenvalue weighted by Crippen LogP contribution is 2.44. The van der Waals surface area contributed by atoms with Crippen molar-refractivity contribution in [3.05, 3.63) is 0 Å². The van der Waals surface area contributed by atoms with Crippen LogP contribution in [0, 0.1) is 5.41 Å². The third kappa shape index (κ3) is 4.35. The molecule has 5 nitrogen and oxygen atoms in total. The molecule has 0 radical (unpaired) electrons. The highest BCUT2D eigenvalue weighted by Gasteiger charge is 2.39. The van der Waals surface area contributed by atoms with Crippen molar-refractivity contribution >= 4 is 11.9 Å². The summed E-state index contributed by atoms with van der Waals surface area (Å²) in [5.41, 5.74) is -0.272. The van der Waals surface area contributed by atoms with Crippen LogP contribution in [0.3, 0.4) is 0 Å². The fraction of sp³-hybridized carbons (Fsp3) is 0.857. The first-order valence-electron chi connectivity index (χ1n) is 7.19. The molecule has 1 aliphatic heterocycles. The normalized spacial score (nSPS) is 22.4. The molecule has 0 unspecified atom stereocenters. The van der Waals surface area contributed by atoms with Gasteiger partial charge in [0.15, 0.2) is 0 Å². The lowest BCUT2D eigenvalue weighted by Crippen LogP contribution is -3.00. The summed E-state index contributed by atoms with van der Waals surface area (Å²) < 4.78 is 0. The lowest BCUT2D eigenvalue weighted by molar-refractivity contribution is -0.142. The summed E-state index contributed by atoms with van der Waals surface area (Å²) in [6.45, 7) is 3.38. The predicted octanol–water partition coefficient (Wildman–Crippen LogP) is -1.81. The molecule has 0 bridgehead atoms. The van der Waals surface area contributed by atoms with Crippen LogP contribution in [-0.4, -0.2) is 60.0 Å². The van der Waals surface area contributed by atoms with Gasteiger partial charge in [0.25, 0.3) is 0 Å². The number of piperazine rings is 1. The molecule has 0 aromatic heterocycles. The maximum atomic E-state index is 12.4. The second-order valence-corrected chi connectivity index (χ2v) is 6.14. The van der Waals surface area contributed by atoms with Crippen molar-refractivity contribution in [3.8, 4) is 0 Å². The fourth-order valence-electron chi connectivity index (χ4n) is 3.35. The van der Waals surface area contributed by atoms with Crippen LogP contribution in [-0.2, 0) is 9.59 Å². The zero-order valence-electron chi connectivity index (χ0n) is 12.1. The van der Waals surface area contributed by atoms with Crippen LogP contribution in [0.2, 0.25) is 0 Å². The van der Waals surface area contributed by atoms with Gasteiger partial charge in [-0.25, -0.2) is 0 Å². The number of hydrogen-bond donors (Lipinski definition) is 1. The number of hydrogen-bond acceptors (Lipinski definition) is 3. The van der Waals surface area contributed by atoms with Crippen LogP contribution in [0.4, 0.5) is 0 Å². The molecule has 1 N–H and O–H groups in total. The fourth-order valence-corrected chi connectivity index (χ4v) is 3.35. The van der Waals surface area contributed by atoms with Crippen molar-refractivity contribution in [1.82, 2.24) is 9.80 Å². The largest absolute Gasteiger partial charge is 1.00 e. The van der Waals surface area contributed by atoms with Crippen LogP contribution in [0.15, 0.2) is 0 Å². The van der Waals surface area contributed by atoms with E-state index in [-0.39, 0.29) is 30.2 Å². The molecule has 0 spiro atoms. The molecule has 20 heavy (non-hydrogen) atoms. The number of halogens is 1. The monoisotopic (exact) mass is 303 g/mol. The van der Waals surface area contributed by atoms with Gasteiger partial charge >= 0.3 is 5.97 Å². The minimum Gasteiger partial charge on any atom is -1.00 e. The smallest absolute Gasteiger partial charge is 0.303 e. The molecule has 2 rings (SSSR count). The van der Waals surface area contributed by atoms with E-state index in [0.717, 1.165) is 51.9 Å². The van der Waals surface area contributed by atoms with Crippen molar-refractivity contribution in [2.75, 3.05) is 33.2 Å². The first-order chi connectivity index (χ1) is 9.01. The van der Waals surface area contributed by atoms with E-state index in [1.807, 2.05) is 4.90 Å². The third-order valence-corrected chi connectivity index (χ3v) is 4.57. The second-order valence-electron chi connectivity index (χ2n) is 6.14. The predicted molar refractivity (Wildman–Crippen MR) is 71.8 cm³/mol. The Labute approximate surface area is 126 Å². The number of likely N-dealkylation sites (N-methyl/N-ethyl adjacent to an activating group) is 1. The van der Waals surface area contributed by atoms with E-state index in [2.05, 4.69) is 11.9 Å². The number of rotatable bonds is 4. The van der Waals surface area contributed by atoms with Gasteiger partial charge in [-0.05, 0) is 25.3 Å². The average Bonchev–Trinajstić information content (AvgIpc) is 2.77. The molecular weight excluding hydrogens is 280 g/mol. The van der Waals surface area contributed by atoms with Crippen LogP contribution in [0.25, 0.3) is 0 Å². The van der Waals surface area contributed by atoms with Crippen LogP contribution >= 0.6 is 0 Å². The zero-order valence-corrected chi connectivity index (χ0v) is 12.9. The summed E-state index contributed by atoms with van der Waals surface area (Å²) in [5, 5.41) is 9.07. The molecular formula is C14H24ClN2O3-. The molecule has 116 valence electrons. The number of carboxylic acid groups (broad SMARTS) is 1. The van der Waals surface area contributed by atoms with Crippen molar-refractivity contribution in [2.24, 2.45) is 5.41 Å². The topological polar surface area (TPSA) is 60.9 Å². The van der Waals surface area contributed by atoms with Crippen molar-refractivity contribution in [2.45, 2.75) is 38.5 Å². The standard InChI is InChI=1S/C14H24N2O3.ClH/c1-15-6-8-16(9-7-15)12(17)10-14(11-13(18)19)4-2-3-5-14;/h2-11H2,1H3,(H,18,19);1H/p-1. The summed E-state index contributed by atoms with van der Waals surface area (Å²) in [6.07, 6.45) is 4.46. The molecule has 1 saturated heterocycles. The Balaban J connectivity index is 0.00000200. The van der Waals surface area contributed by atoms with E-state index < -0.39 is 5.97 Å². The lowest BCUT2D eigenvalue weighted by atomic mass is 9.79. The Morgan fingerprint density at radius 1 is 1.05 bits per heavy atom. The maximum absolute atomic E-state index is 12.4. The van der Waals surface area contributed by atoms with E-state index in [1.54, 1.807) is 0 Å². The van der Waals surface area contributed by atoms with Gasteiger partial charge in [0.05, 0.1) is 6.42 Å². The second kappa shape index (κ2) is 7.27. The number of carbonyl (C=O) groups excluding carboxylic acids is 1. The van der Waals surface area contributed by atoms with E-state index >= 15 is 0 Å². The van der Waals surface area contributed by atoms with Gasteiger partial charge in [0.1, 0.15) is 0 Å². The summed E-state index contributed by atoms with van der Waals surface area (Å²) >= 11 is 0. The van der Waals surface area contributed by atoms with E-state index in [4.69, 9.17) is 5.11 Å². The van der Waals surface area contributed by atoms with Gasteiger partial charge in [-0.3, -0.25) is 9.59 Å². The number of nitrogens with zero attached hydrogens (tertiary/aromatic N) is 2. The maximum Gasteiger partial charge on any atom is 0.303 e. The molecule has 2 aliphatic rings. The van der Waals surface area contributed by atoms with Gasteiger partial charge in [0, 0.05) is 32.6 Å². The SMILES string of the molecule is CN1CCN(C(=O)CC2(CC(=O)O)CCCC2)CC1.[Cl-]. The average molecular weight is 304 g/mol. The molecule has 2 fully saturated rings. The van der Waals surface area contributed by atoms with Crippen LogP contribution < -0.4 is 12.4 Å². The molecule has 1 amide bonds. The van der Waals surface area contributed by atoms with E-state index in [9.17, 15) is 9.59 Å². The van der Waals surface area contributed by atoms with Crippen molar-refractivity contribution in [3.63, 3.8) is 0 Å². The quantitative estimate of drug-likeness (QED) is 0.665. The molecule has 0 atom stereocenters. The van der Waals surface area contributed by atoms with Crippen LogP contribution in [0.1, 0.15) is 38.5 Å². The molecule has 1 heterocycles. The Bertz CT molecular complexity index is 348. The number of carbonyl (C=O) groups is 2. The first kappa shape index (κ1) is 17.2. The molecule has 6 heteroatoms. The zero-order chi connectivity index (χ0) is 13.9. The van der Waals surface area contributed by atoms with Crippen molar-refractivity contribution in [1.29, 1.82) is 0 Å². The van der Waals surface area contributed by atoms with Gasteiger partial charge in [-0.2, -0.15) is 0 Å². The Morgan fingerprint density at radius 3 is 2.10 bits per heavy atom. The molecule has 1 saturated carbocycles. The van der Waals surface area contributed by atoms with Gasteiger partial charge in [0.2, 0.25) is 5.91 Å². The minimum absolute atomic E-state index is 0. The molecule has 1 aliphatic carbocycles. The number of carboxylic acids is 1. The highest BCUT2D eigenvalue weighted by molar-refractivity contribution is 5.78. The molecule has 0 aromatic rings. The summed E-state index contributed by atoms with van der Waals surface area (Å²) in [6, 6.07) is 0. The van der Waals surface area contributed by atoms with Gasteiger partial charge in [-0.15, -0.1) is 0 Å². The first-order valence-corrected chi connectivity index (χ1v) is 7.19. The number of aliphatic carboxylic acids is 1. The summed E-state index contributed by atoms with van der Waals surface area (Å²) in [4.78, 5) is 27.5. The Hall–Kier alpha value is -0.810. The minimum atomic E-state index is -0.770. The number of amides is 1. The van der Waals surface area contributed by atoms with Crippen molar-refractivity contribution < 1.29 is 27.1 Å². The van der Waals surface area contributed by atoms with Crippen LogP contribution in [0.5, 0.6) is 0 Å². The van der Waals surface area contributed by atoms with E-state index in [1.165, 1.54) is 0 Å². The Kier molecular flexibility index (Phi) is 6.27. The third-order valence-electron chi connectivity index (χ3n) is 4.57. The van der Waals surface area contributed by atoms with E-state index in [0.29, 0.717) is 6.42 Å². The summed E-state index contributed by atoms with van der Waals surface area (Å²) in [7, 11) is 2.06. The Morgan fingerprint density at radius 2 is 1.60 bits per heavy atom. The lowest BCUT2D eigenvalue weighted by Gasteiger charge is -2.35.